The van der Waals surface area contributed by atoms with Crippen LogP contribution in [0.3, 0.4) is 0 Å². The molecule has 1 fully saturated rings. The molecule has 2 N–H and O–H groups in total. The van der Waals surface area contributed by atoms with Gasteiger partial charge in [-0.1, -0.05) is 39.0 Å². The zero-order chi connectivity index (χ0) is 20.9. The number of ether oxygens (including phenoxy) is 1. The summed E-state index contributed by atoms with van der Waals surface area (Å²) in [6, 6.07) is 5.65. The Balaban J connectivity index is 2.59. The van der Waals surface area contributed by atoms with E-state index in [0.29, 0.717) is 0 Å². The van der Waals surface area contributed by atoms with E-state index in [0.717, 1.165) is 0 Å². The van der Waals surface area contributed by atoms with Crippen LogP contribution >= 0.6 is 0 Å². The van der Waals surface area contributed by atoms with Crippen molar-refractivity contribution in [1.29, 1.82) is 0 Å². The van der Waals surface area contributed by atoms with E-state index in [4.69, 9.17) is 14.9 Å². The monoisotopic (exact) mass is 407 g/mol. The fourth-order valence-electron chi connectivity index (χ4n) is 3.35. The second kappa shape index (κ2) is 6.83. The highest BCUT2D eigenvalue weighted by Gasteiger charge is 2.69. The van der Waals surface area contributed by atoms with Gasteiger partial charge in [-0.15, -0.1) is 0 Å². The maximum Gasteiger partial charge on any atom is 0.419 e. The van der Waals surface area contributed by atoms with Gasteiger partial charge in [-0.3, -0.25) is 0 Å². The molecule has 1 aromatic carbocycles. The van der Waals surface area contributed by atoms with Crippen molar-refractivity contribution in [2.75, 3.05) is 13.2 Å². The lowest BCUT2D eigenvalue weighted by Gasteiger charge is -2.49. The number of benzene rings is 1. The summed E-state index contributed by atoms with van der Waals surface area (Å²) in [6.07, 6.45) is -4.71. The molecule has 0 amide bonds. The highest BCUT2D eigenvalue weighted by molar-refractivity contribution is 6.74. The fraction of sp³-hybridized carbons (Fsp3) is 0.684. The van der Waals surface area contributed by atoms with Gasteiger partial charge in [0, 0.05) is 17.0 Å². The highest BCUT2D eigenvalue weighted by atomic mass is 28.4. The van der Waals surface area contributed by atoms with Gasteiger partial charge in [0.05, 0.1) is 13.2 Å². The van der Waals surface area contributed by atoms with E-state index in [1.165, 1.54) is 25.1 Å². The summed E-state index contributed by atoms with van der Waals surface area (Å²) in [5.74, 6) is -1.92. The normalized spacial score (nSPS) is 26.9. The molecule has 0 aliphatic carbocycles. The first-order chi connectivity index (χ1) is 12.1. The summed E-state index contributed by atoms with van der Waals surface area (Å²) in [5.41, 5.74) is 2.17. The summed E-state index contributed by atoms with van der Waals surface area (Å²) in [6.45, 7) is 9.64. The zero-order valence-electron chi connectivity index (χ0n) is 16.7. The SMILES string of the molecule is CC(C)(C)[Si](C)(C)O[C@]1(C(F)(F)F)COC[C@@H]1[C@](C)(N)c1ccccc1F. The van der Waals surface area contributed by atoms with Crippen LogP contribution in [0.25, 0.3) is 0 Å². The Kier molecular flexibility index (Phi) is 5.64. The van der Waals surface area contributed by atoms with Crippen molar-refractivity contribution in [3.05, 3.63) is 35.6 Å². The second-order valence-electron chi connectivity index (χ2n) is 9.08. The van der Waals surface area contributed by atoms with E-state index < -0.39 is 49.0 Å². The van der Waals surface area contributed by atoms with Crippen LogP contribution in [0.15, 0.2) is 24.3 Å². The van der Waals surface area contributed by atoms with E-state index in [9.17, 15) is 17.6 Å². The lowest BCUT2D eigenvalue weighted by Crippen LogP contribution is -2.65. The molecule has 3 nitrogen and oxygen atoms in total. The Morgan fingerprint density at radius 1 is 1.15 bits per heavy atom. The lowest BCUT2D eigenvalue weighted by molar-refractivity contribution is -0.269. The van der Waals surface area contributed by atoms with Gasteiger partial charge >= 0.3 is 6.18 Å². The van der Waals surface area contributed by atoms with Crippen molar-refractivity contribution in [3.63, 3.8) is 0 Å². The van der Waals surface area contributed by atoms with Crippen LogP contribution in [0.4, 0.5) is 17.6 Å². The van der Waals surface area contributed by atoms with Gasteiger partial charge in [0.25, 0.3) is 0 Å². The Morgan fingerprint density at radius 3 is 2.19 bits per heavy atom. The molecule has 1 saturated heterocycles. The third-order valence-electron chi connectivity index (χ3n) is 6.07. The average molecular weight is 408 g/mol. The molecule has 2 rings (SSSR count). The van der Waals surface area contributed by atoms with E-state index in [-0.39, 0.29) is 12.2 Å². The fourth-order valence-corrected chi connectivity index (χ4v) is 4.89. The van der Waals surface area contributed by atoms with E-state index >= 15 is 0 Å². The lowest BCUT2D eigenvalue weighted by atomic mass is 9.72. The van der Waals surface area contributed by atoms with Gasteiger partial charge < -0.3 is 14.9 Å². The smallest absolute Gasteiger partial charge is 0.401 e. The van der Waals surface area contributed by atoms with Gasteiger partial charge in [0.2, 0.25) is 0 Å². The first-order valence-corrected chi connectivity index (χ1v) is 11.9. The molecule has 1 heterocycles. The molecule has 27 heavy (non-hydrogen) atoms. The minimum absolute atomic E-state index is 0.0213. The van der Waals surface area contributed by atoms with Crippen LogP contribution in [-0.4, -0.2) is 33.3 Å². The van der Waals surface area contributed by atoms with Gasteiger partial charge in [-0.25, -0.2) is 4.39 Å². The molecule has 0 radical (unpaired) electrons. The van der Waals surface area contributed by atoms with Crippen LogP contribution in [-0.2, 0) is 14.7 Å². The minimum atomic E-state index is -4.71. The van der Waals surface area contributed by atoms with Crippen molar-refractivity contribution in [2.45, 2.75) is 63.1 Å². The molecular formula is C19H29F4NO2Si. The number of halogens is 4. The van der Waals surface area contributed by atoms with E-state index in [1.54, 1.807) is 19.2 Å². The van der Waals surface area contributed by atoms with Crippen LogP contribution in [0.2, 0.25) is 18.1 Å². The first-order valence-electron chi connectivity index (χ1n) is 8.95. The Labute approximate surface area is 159 Å². The molecule has 154 valence electrons. The van der Waals surface area contributed by atoms with Gasteiger partial charge in [0.1, 0.15) is 5.82 Å². The maximum absolute atomic E-state index is 14.4. The molecule has 0 spiro atoms. The first kappa shape index (κ1) is 22.3. The summed E-state index contributed by atoms with van der Waals surface area (Å²) < 4.78 is 68.8. The van der Waals surface area contributed by atoms with Gasteiger partial charge in [-0.05, 0) is 31.1 Å². The molecule has 3 atom stereocenters. The Hall–Kier alpha value is -0.963. The van der Waals surface area contributed by atoms with E-state index in [1.807, 2.05) is 20.8 Å². The van der Waals surface area contributed by atoms with Crippen molar-refractivity contribution in [3.8, 4) is 0 Å². The van der Waals surface area contributed by atoms with Crippen molar-refractivity contribution in [1.82, 2.24) is 0 Å². The van der Waals surface area contributed by atoms with Crippen molar-refractivity contribution >= 4 is 8.32 Å². The topological polar surface area (TPSA) is 44.5 Å². The summed E-state index contributed by atoms with van der Waals surface area (Å²) in [5, 5.41) is -0.443. The highest BCUT2D eigenvalue weighted by Crippen LogP contribution is 2.53. The molecular weight excluding hydrogens is 378 g/mol. The molecule has 0 aromatic heterocycles. The molecule has 8 heteroatoms. The maximum atomic E-state index is 14.4. The zero-order valence-corrected chi connectivity index (χ0v) is 17.7. The molecule has 1 aliphatic rings. The average Bonchev–Trinajstić information content (AvgIpc) is 2.91. The standard InChI is InChI=1S/C19H29F4NO2Si/c1-16(2,3)27(5,6)26-18(19(21,22)23)12-25-11-15(18)17(4,24)13-9-7-8-10-14(13)20/h7-10,15H,11-12,24H2,1-6H3/t15-,17-,18-/m1/s1. The minimum Gasteiger partial charge on any atom is -0.401 e. The van der Waals surface area contributed by atoms with Crippen LogP contribution in [0.5, 0.6) is 0 Å². The molecule has 0 bridgehead atoms. The predicted molar refractivity (Wildman–Crippen MR) is 99.3 cm³/mol. The second-order valence-corrected chi connectivity index (χ2v) is 13.8. The Morgan fingerprint density at radius 2 is 1.70 bits per heavy atom. The number of alkyl halides is 3. The summed E-state index contributed by atoms with van der Waals surface area (Å²) >= 11 is 0. The van der Waals surface area contributed by atoms with E-state index in [2.05, 4.69) is 0 Å². The van der Waals surface area contributed by atoms with Crippen LogP contribution in [0.1, 0.15) is 33.3 Å². The predicted octanol–water partition coefficient (Wildman–Crippen LogP) is 4.97. The van der Waals surface area contributed by atoms with Gasteiger partial charge in [0.15, 0.2) is 13.9 Å². The molecule has 0 unspecified atom stereocenters. The van der Waals surface area contributed by atoms with Crippen LogP contribution in [0, 0.1) is 11.7 Å². The largest absolute Gasteiger partial charge is 0.419 e. The number of rotatable bonds is 4. The molecule has 0 saturated carbocycles. The third-order valence-corrected chi connectivity index (χ3v) is 10.6. The van der Waals surface area contributed by atoms with Gasteiger partial charge in [-0.2, -0.15) is 13.2 Å². The number of hydrogen-bond acceptors (Lipinski definition) is 3. The van der Waals surface area contributed by atoms with Crippen molar-refractivity contribution < 1.29 is 26.7 Å². The number of nitrogens with two attached hydrogens (primary N) is 1. The Bertz CT molecular complexity index is 685. The van der Waals surface area contributed by atoms with Crippen molar-refractivity contribution in [2.24, 2.45) is 11.7 Å². The molecule has 1 aromatic rings. The summed E-state index contributed by atoms with van der Waals surface area (Å²) in [4.78, 5) is 0. The number of hydrogen-bond donors (Lipinski definition) is 1. The third kappa shape index (κ3) is 3.81. The summed E-state index contributed by atoms with van der Waals surface area (Å²) in [7, 11) is -2.84. The quantitative estimate of drug-likeness (QED) is 0.566. The molecule has 1 aliphatic heterocycles. The van der Waals surface area contributed by atoms with Crippen LogP contribution < -0.4 is 5.73 Å².